The first-order chi connectivity index (χ1) is 8.99. The van der Waals surface area contributed by atoms with Gasteiger partial charge in [0.2, 0.25) is 0 Å². The molecule has 0 saturated carbocycles. The molecule has 0 atom stereocenters. The fourth-order valence-electron chi connectivity index (χ4n) is 1.91. The monoisotopic (exact) mass is 306 g/mol. The summed E-state index contributed by atoms with van der Waals surface area (Å²) in [7, 11) is 8.51. The van der Waals surface area contributed by atoms with Gasteiger partial charge in [-0.25, -0.2) is 0 Å². The van der Waals surface area contributed by atoms with Crippen LogP contribution >= 0.6 is 12.4 Å². The zero-order chi connectivity index (χ0) is 14.7. The number of rotatable bonds is 10. The van der Waals surface area contributed by atoms with Gasteiger partial charge in [-0.1, -0.05) is 0 Å². The summed E-state index contributed by atoms with van der Waals surface area (Å²) in [6.45, 7) is 11.0. The van der Waals surface area contributed by atoms with Crippen LogP contribution in [0, 0.1) is 0 Å². The van der Waals surface area contributed by atoms with Crippen LogP contribution < -0.4 is 0 Å². The maximum absolute atomic E-state index is 3.53. The first-order valence-corrected chi connectivity index (χ1v) is 7.55. The Morgan fingerprint density at radius 3 is 1.35 bits per heavy atom. The van der Waals surface area contributed by atoms with Crippen molar-refractivity contribution in [3.05, 3.63) is 0 Å². The van der Waals surface area contributed by atoms with Crippen molar-refractivity contribution in [2.45, 2.75) is 26.7 Å². The number of hydrogen-bond acceptors (Lipinski definition) is 2. The Balaban J connectivity index is 0. The molecule has 120 valence electrons. The van der Waals surface area contributed by atoms with Gasteiger partial charge in [0.05, 0.1) is 0 Å². The largest absolute Gasteiger partial charge is 0.476 e. The lowest BCUT2D eigenvalue weighted by molar-refractivity contribution is -0.586. The number of nitrogens with zero attached hydrogens (tertiary/aromatic N) is 4. The summed E-state index contributed by atoms with van der Waals surface area (Å²) in [5.41, 5.74) is 0. The Morgan fingerprint density at radius 2 is 1.10 bits per heavy atom. The van der Waals surface area contributed by atoms with E-state index in [1.807, 2.05) is 0 Å². The van der Waals surface area contributed by atoms with E-state index >= 15 is 0 Å². The SMILES string of the molecule is CC[N+](=C=[N+](CC)CCCN(C)C)CCCN(C)C.Cl. The van der Waals surface area contributed by atoms with Crippen molar-refractivity contribution in [1.29, 1.82) is 0 Å². The molecule has 4 nitrogen and oxygen atoms in total. The second-order valence-corrected chi connectivity index (χ2v) is 5.57. The molecule has 0 aromatic carbocycles. The van der Waals surface area contributed by atoms with Crippen LogP contribution in [0.15, 0.2) is 0 Å². The summed E-state index contributed by atoms with van der Waals surface area (Å²) in [4.78, 5) is 4.48. The zero-order valence-corrected chi connectivity index (χ0v) is 15.2. The van der Waals surface area contributed by atoms with E-state index in [0.717, 1.165) is 39.3 Å². The van der Waals surface area contributed by atoms with Crippen molar-refractivity contribution in [1.82, 2.24) is 9.80 Å². The Bertz CT molecular complexity index is 268. The average molecular weight is 307 g/mol. The Hall–Kier alpha value is -0.410. The molecule has 0 aromatic rings. The van der Waals surface area contributed by atoms with Gasteiger partial charge >= 0.3 is 6.01 Å². The predicted octanol–water partition coefficient (Wildman–Crippen LogP) is 1.55. The highest BCUT2D eigenvalue weighted by Crippen LogP contribution is 1.87. The van der Waals surface area contributed by atoms with E-state index in [9.17, 15) is 0 Å². The van der Waals surface area contributed by atoms with E-state index in [2.05, 4.69) is 67.0 Å². The highest BCUT2D eigenvalue weighted by molar-refractivity contribution is 5.85. The second-order valence-electron chi connectivity index (χ2n) is 5.57. The van der Waals surface area contributed by atoms with Gasteiger partial charge < -0.3 is 9.80 Å². The lowest BCUT2D eigenvalue weighted by Crippen LogP contribution is -2.24. The van der Waals surface area contributed by atoms with Crippen LogP contribution in [0.1, 0.15) is 26.7 Å². The van der Waals surface area contributed by atoms with Crippen LogP contribution in [0.25, 0.3) is 0 Å². The van der Waals surface area contributed by atoms with E-state index in [1.165, 1.54) is 12.8 Å². The van der Waals surface area contributed by atoms with E-state index in [0.29, 0.717) is 0 Å². The van der Waals surface area contributed by atoms with Crippen LogP contribution in [0.2, 0.25) is 0 Å². The van der Waals surface area contributed by atoms with Gasteiger partial charge in [0.25, 0.3) is 0 Å². The molecule has 20 heavy (non-hydrogen) atoms. The van der Waals surface area contributed by atoms with Gasteiger partial charge in [0.15, 0.2) is 26.2 Å². The highest BCUT2D eigenvalue weighted by atomic mass is 35.5. The van der Waals surface area contributed by atoms with Crippen LogP contribution in [-0.4, -0.2) is 92.4 Å². The van der Waals surface area contributed by atoms with E-state index in [-0.39, 0.29) is 12.4 Å². The topological polar surface area (TPSA) is 12.5 Å². The molecule has 0 aliphatic rings. The molecule has 0 amide bonds. The maximum atomic E-state index is 3.53. The van der Waals surface area contributed by atoms with Crippen molar-refractivity contribution in [3.8, 4) is 0 Å². The average Bonchev–Trinajstić information content (AvgIpc) is 2.34. The zero-order valence-electron chi connectivity index (χ0n) is 14.4. The summed E-state index contributed by atoms with van der Waals surface area (Å²) < 4.78 is 4.62. The normalized spacial score (nSPS) is 10.4. The predicted molar refractivity (Wildman–Crippen MR) is 89.9 cm³/mol. The molecular formula is C15H35ClN4+2. The third kappa shape index (κ3) is 12.6. The fraction of sp³-hybridized carbons (Fsp3) is 0.933. The van der Waals surface area contributed by atoms with Crippen molar-refractivity contribution < 1.29 is 9.15 Å². The second kappa shape index (κ2) is 13.6. The van der Waals surface area contributed by atoms with Gasteiger partial charge in [0, 0.05) is 25.9 Å². The van der Waals surface area contributed by atoms with Crippen LogP contribution in [0.4, 0.5) is 0 Å². The molecule has 0 N–H and O–H groups in total. The summed E-state index contributed by atoms with van der Waals surface area (Å²) >= 11 is 0. The summed E-state index contributed by atoms with van der Waals surface area (Å²) in [6, 6.07) is 3.53. The molecule has 0 radical (unpaired) electrons. The molecular weight excluding hydrogens is 272 g/mol. The van der Waals surface area contributed by atoms with Gasteiger partial charge in [-0.2, -0.15) is 0 Å². The van der Waals surface area contributed by atoms with E-state index in [4.69, 9.17) is 0 Å². The van der Waals surface area contributed by atoms with Gasteiger partial charge in [-0.05, 0) is 42.0 Å². The molecule has 0 rings (SSSR count). The van der Waals surface area contributed by atoms with Crippen LogP contribution in [-0.2, 0) is 0 Å². The van der Waals surface area contributed by atoms with E-state index in [1.54, 1.807) is 0 Å². The van der Waals surface area contributed by atoms with Gasteiger partial charge in [0.1, 0.15) is 0 Å². The molecule has 0 bridgehead atoms. The first kappa shape index (κ1) is 21.9. The minimum absolute atomic E-state index is 0. The molecule has 0 saturated heterocycles. The number of halogens is 1. The quantitative estimate of drug-likeness (QED) is 0.448. The first-order valence-electron chi connectivity index (χ1n) is 7.55. The van der Waals surface area contributed by atoms with Crippen molar-refractivity contribution in [2.75, 3.05) is 67.5 Å². The smallest absolute Gasteiger partial charge is 0.309 e. The third-order valence-electron chi connectivity index (χ3n) is 3.11. The summed E-state index contributed by atoms with van der Waals surface area (Å²) in [5, 5.41) is 0. The minimum atomic E-state index is 0. The molecule has 0 unspecified atom stereocenters. The molecule has 0 aliphatic heterocycles. The molecule has 5 heteroatoms. The Kier molecular flexibility index (Phi) is 14.8. The summed E-state index contributed by atoms with van der Waals surface area (Å²) in [5.74, 6) is 0. The van der Waals surface area contributed by atoms with E-state index < -0.39 is 0 Å². The fourth-order valence-corrected chi connectivity index (χ4v) is 1.91. The lowest BCUT2D eigenvalue weighted by Gasteiger charge is -2.07. The third-order valence-corrected chi connectivity index (χ3v) is 3.11. The number of hydrogen-bond donors (Lipinski definition) is 0. The Morgan fingerprint density at radius 1 is 0.750 bits per heavy atom. The van der Waals surface area contributed by atoms with Crippen molar-refractivity contribution in [2.24, 2.45) is 0 Å². The lowest BCUT2D eigenvalue weighted by atomic mass is 10.4. The molecule has 0 fully saturated rings. The molecule has 0 aromatic heterocycles. The highest BCUT2D eigenvalue weighted by Gasteiger charge is 2.08. The Labute approximate surface area is 132 Å². The standard InChI is InChI=1S/C15H34N4.ClH/c1-7-18(13-9-11-16(3)4)15-19(8-2)14-10-12-17(5)6;/h7-14H2,1-6H3;1H/q+2;. The van der Waals surface area contributed by atoms with Gasteiger partial charge in [-0.15, -0.1) is 21.6 Å². The minimum Gasteiger partial charge on any atom is -0.309 e. The maximum Gasteiger partial charge on any atom is 0.476 e. The summed E-state index contributed by atoms with van der Waals surface area (Å²) in [6.07, 6.45) is 2.40. The van der Waals surface area contributed by atoms with Crippen LogP contribution in [0.5, 0.6) is 0 Å². The molecule has 0 aliphatic carbocycles. The van der Waals surface area contributed by atoms with Crippen molar-refractivity contribution in [3.63, 3.8) is 0 Å². The van der Waals surface area contributed by atoms with Crippen molar-refractivity contribution >= 4 is 18.4 Å². The van der Waals surface area contributed by atoms with Gasteiger partial charge in [-0.3, -0.25) is 0 Å². The molecule has 0 heterocycles. The molecule has 0 spiro atoms. The van der Waals surface area contributed by atoms with Crippen LogP contribution in [0.3, 0.4) is 0 Å².